The Bertz CT molecular complexity index is 125. The van der Waals surface area contributed by atoms with E-state index in [-0.39, 0.29) is 72.9 Å². The molecule has 18 nitrogen and oxygen atoms in total. The fourth-order valence-electron chi connectivity index (χ4n) is 0. The molecule has 0 aliphatic heterocycles. The second-order valence-electron chi connectivity index (χ2n) is 0.447. The molecule has 0 aliphatic rings. The van der Waals surface area contributed by atoms with Gasteiger partial charge in [-0.25, -0.2) is 0 Å². The normalized spacial score (nSPS) is 3.60. The van der Waals surface area contributed by atoms with Crippen molar-refractivity contribution >= 4 is 0 Å². The Balaban J connectivity index is -0.0000000114. The van der Waals surface area contributed by atoms with Gasteiger partial charge in [0.1, 0.15) is 0 Å². The molecule has 20 heavy (non-hydrogen) atoms. The molecule has 0 aromatic heterocycles. The van der Waals surface area contributed by atoms with E-state index >= 15 is 0 Å². The van der Waals surface area contributed by atoms with E-state index in [4.69, 9.17) is 60.7 Å². The number of rotatable bonds is 0. The minimum atomic E-state index is 0. The molecule has 0 rings (SSSR count). The van der Waals surface area contributed by atoms with E-state index in [1.165, 1.54) is 0 Å². The van der Waals surface area contributed by atoms with Crippen LogP contribution in [0.2, 0.25) is 0 Å². The third-order valence-corrected chi connectivity index (χ3v) is 0. The summed E-state index contributed by atoms with van der Waals surface area (Å²) in [6, 6.07) is 0. The van der Waals surface area contributed by atoms with Crippen molar-refractivity contribution in [2.24, 2.45) is 32.0 Å². The maximum atomic E-state index is 8.00. The predicted octanol–water partition coefficient (Wildman–Crippen LogP) is -1.38. The van der Waals surface area contributed by atoms with Crippen molar-refractivity contribution in [3.05, 3.63) is 60.7 Å². The van der Waals surface area contributed by atoms with Gasteiger partial charge in [0.15, 0.2) is 0 Å². The average molecular weight is 508 g/mol. The smallest absolute Gasteiger partial charge is 1.00 e. The molecule has 0 aromatic carbocycles. The molecular weight excluding hydrogens is 507 g/mol. The molecule has 0 saturated carbocycles. The van der Waals surface area contributed by atoms with Gasteiger partial charge >= 0.3 is 51.4 Å². The van der Waals surface area contributed by atoms with Crippen LogP contribution in [0.4, 0.5) is 0 Å². The number of hydrogen-bond donors (Lipinski definition) is 0. The third-order valence-electron chi connectivity index (χ3n) is 0. The van der Waals surface area contributed by atoms with E-state index in [1.54, 1.807) is 0 Å². The van der Waals surface area contributed by atoms with Gasteiger partial charge in [-0.05, 0) is 0 Å². The van der Waals surface area contributed by atoms with Gasteiger partial charge in [0.05, 0.1) is 0 Å². The van der Waals surface area contributed by atoms with Crippen LogP contribution in [0.1, 0.15) is 1.43 Å². The average Bonchev–Trinajstić information content (AvgIpc) is 2.23. The predicted molar refractivity (Wildman–Crippen MR) is 56.1 cm³/mol. The Morgan fingerprint density at radius 3 is 0.450 bits per heavy atom. The first kappa shape index (κ1) is 51.2. The van der Waals surface area contributed by atoms with Crippen LogP contribution in [0.3, 0.4) is 0 Å². The SMILES string of the molecule is O=N[O-].O=N[O-].O=N[O-].O=N[O-].O=N[O-].O=N[O-].[H-].[Ir].[K+]. The van der Waals surface area contributed by atoms with E-state index in [0.29, 0.717) is 0 Å². The maximum absolute atomic E-state index is 8.00. The second kappa shape index (κ2) is 224. The van der Waals surface area contributed by atoms with Gasteiger partial charge in [0.2, 0.25) is 0 Å². The summed E-state index contributed by atoms with van der Waals surface area (Å²) in [6.45, 7) is 0. The minimum absolute atomic E-state index is 0. The van der Waals surface area contributed by atoms with Crippen LogP contribution in [-0.2, 0) is 20.1 Å². The zero-order chi connectivity index (χ0) is 16.2. The molecule has 1 radical (unpaired) electrons. The molecule has 0 bridgehead atoms. The van der Waals surface area contributed by atoms with Crippen LogP contribution in [-0.4, -0.2) is 0 Å². The summed E-state index contributed by atoms with van der Waals surface area (Å²) < 4.78 is 0. The van der Waals surface area contributed by atoms with E-state index in [0.717, 1.165) is 32.0 Å². The second-order valence-corrected chi connectivity index (χ2v) is 0.447. The number of nitrogens with zero attached hydrogens (tertiary/aromatic N) is 6. The Morgan fingerprint density at radius 1 is 0.450 bits per heavy atom. The first-order valence-electron chi connectivity index (χ1n) is 2.19. The molecule has 0 aliphatic carbocycles. The Kier molecular flexibility index (Phi) is 574. The van der Waals surface area contributed by atoms with Crippen LogP contribution in [0.15, 0.2) is 32.0 Å². The van der Waals surface area contributed by atoms with Crippen molar-refractivity contribution in [2.45, 2.75) is 0 Å². The van der Waals surface area contributed by atoms with Gasteiger partial charge in [0, 0.05) is 20.1 Å². The van der Waals surface area contributed by atoms with Crippen LogP contribution < -0.4 is 51.4 Å². The minimum Gasteiger partial charge on any atom is -1.00 e. The van der Waals surface area contributed by atoms with Gasteiger partial charge in [-0.3, -0.25) is 0 Å². The van der Waals surface area contributed by atoms with Crippen molar-refractivity contribution in [3.63, 3.8) is 0 Å². The van der Waals surface area contributed by atoms with Crippen LogP contribution in [0, 0.1) is 60.7 Å². The Morgan fingerprint density at radius 2 is 0.450 bits per heavy atom. The first-order chi connectivity index (χ1) is 8.49. The zero-order valence-electron chi connectivity index (χ0n) is 9.92. The van der Waals surface area contributed by atoms with Crippen molar-refractivity contribution in [3.8, 4) is 0 Å². The van der Waals surface area contributed by atoms with E-state index in [1.807, 2.05) is 0 Å². The molecule has 0 unspecified atom stereocenters. The summed E-state index contributed by atoms with van der Waals surface area (Å²) >= 11 is 0. The molecule has 0 fully saturated rings. The van der Waals surface area contributed by atoms with E-state index in [2.05, 4.69) is 0 Å². The summed E-state index contributed by atoms with van der Waals surface area (Å²) in [5, 5.41) is 54.0. The van der Waals surface area contributed by atoms with Crippen LogP contribution in [0.5, 0.6) is 0 Å². The summed E-state index contributed by atoms with van der Waals surface area (Å²) in [5.74, 6) is 0. The Hall–Kier alpha value is -1.31. The van der Waals surface area contributed by atoms with Gasteiger partial charge in [-0.2, -0.15) is 0 Å². The van der Waals surface area contributed by atoms with Crippen molar-refractivity contribution in [1.82, 2.24) is 0 Å². The first-order valence-corrected chi connectivity index (χ1v) is 2.19. The third kappa shape index (κ3) is 2380. The van der Waals surface area contributed by atoms with Crippen molar-refractivity contribution in [1.29, 1.82) is 0 Å². The Labute approximate surface area is 164 Å². The summed E-state index contributed by atoms with van der Waals surface area (Å²) in [7, 11) is 0. The topological polar surface area (TPSA) is 315 Å². The number of hydrogen-bond acceptors (Lipinski definition) is 18. The van der Waals surface area contributed by atoms with Crippen molar-refractivity contribution in [2.75, 3.05) is 0 Å². The standard InChI is InChI=1S/Ir.K.6HNO2.H/c;;6*2-1-3;/h;;6*(H,2,3);/q;+1;;;;;;;-1/p-6. The van der Waals surface area contributed by atoms with Crippen molar-refractivity contribution < 1.29 is 72.9 Å². The largest absolute Gasteiger partial charge is 1.00 e. The molecule has 20 heteroatoms. The summed E-state index contributed by atoms with van der Waals surface area (Å²) in [4.78, 5) is 48.0. The van der Waals surface area contributed by atoms with Gasteiger partial charge in [0.25, 0.3) is 0 Å². The van der Waals surface area contributed by atoms with E-state index < -0.39 is 0 Å². The molecule has 0 N–H and O–H groups in total. The monoisotopic (exact) mass is 509 g/mol. The summed E-state index contributed by atoms with van der Waals surface area (Å²) in [5.41, 5.74) is 0. The fraction of sp³-hybridized carbons (Fsp3) is 0. The molecular formula is HIrKN6O12-6. The molecule has 119 valence electrons. The molecule has 0 spiro atoms. The molecule has 0 heterocycles. The van der Waals surface area contributed by atoms with Crippen LogP contribution >= 0.6 is 0 Å². The van der Waals surface area contributed by atoms with Gasteiger partial charge in [-0.15, -0.1) is 32.0 Å². The van der Waals surface area contributed by atoms with Gasteiger partial charge < -0.3 is 62.1 Å². The van der Waals surface area contributed by atoms with E-state index in [9.17, 15) is 0 Å². The van der Waals surface area contributed by atoms with Gasteiger partial charge in [-0.1, -0.05) is 0 Å². The molecule has 0 amide bonds. The zero-order valence-corrected chi connectivity index (χ0v) is 14.4. The maximum Gasteiger partial charge on any atom is 1.00 e. The molecule has 0 atom stereocenters. The summed E-state index contributed by atoms with van der Waals surface area (Å²) in [6.07, 6.45) is 0. The van der Waals surface area contributed by atoms with Crippen LogP contribution in [0.25, 0.3) is 0 Å². The molecule has 0 aromatic rings. The fourth-order valence-corrected chi connectivity index (χ4v) is 0. The quantitative estimate of drug-likeness (QED) is 0.207. The molecule has 0 saturated heterocycles.